The Morgan fingerprint density at radius 2 is 2.41 bits per heavy atom. The highest BCUT2D eigenvalue weighted by molar-refractivity contribution is 5.89. The van der Waals surface area contributed by atoms with Crippen molar-refractivity contribution in [1.82, 2.24) is 4.90 Å². The van der Waals surface area contributed by atoms with E-state index in [9.17, 15) is 4.79 Å². The summed E-state index contributed by atoms with van der Waals surface area (Å²) < 4.78 is 37.1. The Bertz CT molecular complexity index is 813. The molecule has 4 nitrogen and oxygen atoms in total. The first kappa shape index (κ1) is 10.3. The summed E-state index contributed by atoms with van der Waals surface area (Å²) in [6.07, 6.45) is -2.38. The molecule has 0 amide bonds. The number of ketones is 1. The zero-order chi connectivity index (χ0) is 17.8. The van der Waals surface area contributed by atoms with Gasteiger partial charge in [-0.3, -0.25) is 4.79 Å². The van der Waals surface area contributed by atoms with Crippen molar-refractivity contribution in [2.45, 2.75) is 43.2 Å². The fraction of sp³-hybridized carbons (Fsp3) is 0.611. The van der Waals surface area contributed by atoms with Gasteiger partial charge in [-0.1, -0.05) is 6.07 Å². The Kier molecular flexibility index (Phi) is 1.89. The van der Waals surface area contributed by atoms with E-state index >= 15 is 0 Å². The quantitative estimate of drug-likeness (QED) is 0.794. The number of carbonyl (C=O) groups is 1. The third kappa shape index (κ3) is 1.27. The lowest BCUT2D eigenvalue weighted by molar-refractivity contribution is -0.138. The zero-order valence-corrected chi connectivity index (χ0v) is 12.8. The fourth-order valence-corrected chi connectivity index (χ4v) is 5.13. The molecule has 2 aliphatic carbocycles. The molecule has 4 atom stereocenters. The van der Waals surface area contributed by atoms with E-state index in [1.54, 1.807) is 7.11 Å². The highest BCUT2D eigenvalue weighted by Crippen LogP contribution is 2.62. The van der Waals surface area contributed by atoms with Crippen LogP contribution in [0, 0.1) is 5.92 Å². The van der Waals surface area contributed by atoms with E-state index < -0.39 is 23.7 Å². The van der Waals surface area contributed by atoms with Crippen molar-refractivity contribution in [2.75, 3.05) is 20.7 Å². The summed E-state index contributed by atoms with van der Waals surface area (Å²) in [7, 11) is 3.61. The summed E-state index contributed by atoms with van der Waals surface area (Å²) in [5.74, 6) is 0.149. The summed E-state index contributed by atoms with van der Waals surface area (Å²) in [4.78, 5) is 15.3. The molecule has 2 aliphatic heterocycles. The van der Waals surface area contributed by atoms with Crippen LogP contribution in [0.15, 0.2) is 12.1 Å². The molecule has 22 heavy (non-hydrogen) atoms. The largest absolute Gasteiger partial charge is 0.493 e. The van der Waals surface area contributed by atoms with Gasteiger partial charge in [-0.05, 0) is 50.4 Å². The van der Waals surface area contributed by atoms with Crippen molar-refractivity contribution >= 4 is 5.78 Å². The van der Waals surface area contributed by atoms with E-state index in [1.807, 2.05) is 12.1 Å². The minimum atomic E-state index is -2.04. The van der Waals surface area contributed by atoms with E-state index in [0.717, 1.165) is 24.1 Å². The summed E-state index contributed by atoms with van der Waals surface area (Å²) in [5.41, 5.74) is 1.26. The molecule has 2 heterocycles. The lowest BCUT2D eigenvalue weighted by Crippen LogP contribution is -2.65. The van der Waals surface area contributed by atoms with Crippen molar-refractivity contribution < 1.29 is 18.4 Å². The molecule has 0 radical (unpaired) electrons. The number of benzene rings is 1. The van der Waals surface area contributed by atoms with Crippen LogP contribution in [0.5, 0.6) is 11.5 Å². The number of ether oxygens (including phenoxy) is 2. The summed E-state index contributed by atoms with van der Waals surface area (Å²) >= 11 is 0. The normalized spacial score (nSPS) is 46.1. The number of carbonyl (C=O) groups excluding carboxylic acids is 1. The van der Waals surface area contributed by atoms with Gasteiger partial charge >= 0.3 is 0 Å². The molecule has 2 fully saturated rings. The van der Waals surface area contributed by atoms with E-state index in [-0.39, 0.29) is 18.4 Å². The van der Waals surface area contributed by atoms with Gasteiger partial charge < -0.3 is 14.4 Å². The minimum Gasteiger partial charge on any atom is -0.493 e. The standard InChI is InChI=1S/C18H21NO3/c1-19-8-7-18-11-4-5-13(20)17(18)22-16-14(21-2)6-3-10(15(16)18)9-12(11)19/h3,6,11-12,17H,4-5,7-9H2,1-2H3/t11-,12+,17?,18-/m0/s1/i5D2,17D. The average molecular weight is 302 g/mol. The molecule has 0 aromatic heterocycles. The number of nitrogens with zero attached hydrogens (tertiary/aromatic N) is 1. The molecule has 1 aromatic rings. The average Bonchev–Trinajstić information content (AvgIpc) is 2.84. The highest BCUT2D eigenvalue weighted by Gasteiger charge is 2.65. The Labute approximate surface area is 134 Å². The molecule has 1 unspecified atom stereocenters. The first-order valence-corrected chi connectivity index (χ1v) is 7.91. The first-order valence-electron chi connectivity index (χ1n) is 9.41. The molecular weight excluding hydrogens is 278 g/mol. The number of Topliss-reactive ketones (excluding diaryl/α,β-unsaturated/α-hetero) is 1. The second-order valence-corrected chi connectivity index (χ2v) is 6.85. The molecule has 2 bridgehead atoms. The Morgan fingerprint density at radius 3 is 3.23 bits per heavy atom. The van der Waals surface area contributed by atoms with Crippen LogP contribution in [0.3, 0.4) is 0 Å². The van der Waals surface area contributed by atoms with Gasteiger partial charge in [0.05, 0.1) is 8.48 Å². The third-order valence-electron chi connectivity index (χ3n) is 6.12. The van der Waals surface area contributed by atoms with Crippen molar-refractivity contribution in [1.29, 1.82) is 0 Å². The monoisotopic (exact) mass is 302 g/mol. The number of methoxy groups -OCH3 is 1. The Balaban J connectivity index is 1.86. The van der Waals surface area contributed by atoms with Crippen LogP contribution in [0.4, 0.5) is 0 Å². The van der Waals surface area contributed by atoms with Gasteiger partial charge in [0.2, 0.25) is 0 Å². The fourth-order valence-electron chi connectivity index (χ4n) is 5.13. The van der Waals surface area contributed by atoms with Crippen molar-refractivity contribution in [3.05, 3.63) is 23.3 Å². The van der Waals surface area contributed by atoms with Gasteiger partial charge in [0.25, 0.3) is 0 Å². The second-order valence-electron chi connectivity index (χ2n) is 6.85. The zero-order valence-electron chi connectivity index (χ0n) is 15.8. The van der Waals surface area contributed by atoms with Crippen LogP contribution in [0.2, 0.25) is 0 Å². The van der Waals surface area contributed by atoms with Crippen LogP contribution in [0.1, 0.15) is 34.5 Å². The predicted molar refractivity (Wildman–Crippen MR) is 81.6 cm³/mol. The summed E-state index contributed by atoms with van der Waals surface area (Å²) in [6.45, 7) is 0.775. The summed E-state index contributed by atoms with van der Waals surface area (Å²) in [6, 6.07) is 3.97. The maximum absolute atomic E-state index is 13.0. The number of piperidine rings is 1. The third-order valence-corrected chi connectivity index (χ3v) is 6.12. The highest BCUT2D eigenvalue weighted by atomic mass is 16.5. The maximum atomic E-state index is 13.0. The molecular formula is C18H21NO3. The van der Waals surface area contributed by atoms with E-state index in [1.165, 1.54) is 0 Å². The predicted octanol–water partition coefficient (Wildman–Crippen LogP) is 1.93. The Hall–Kier alpha value is -1.55. The van der Waals surface area contributed by atoms with Crippen LogP contribution >= 0.6 is 0 Å². The van der Waals surface area contributed by atoms with Crippen molar-refractivity contribution in [2.24, 2.45) is 5.92 Å². The van der Waals surface area contributed by atoms with Gasteiger partial charge in [-0.15, -0.1) is 0 Å². The summed E-state index contributed by atoms with van der Waals surface area (Å²) in [5, 5.41) is 0. The number of likely N-dealkylation sites (N-methyl/N-ethyl adjacent to an activating group) is 1. The van der Waals surface area contributed by atoms with Gasteiger partial charge in [0, 0.05) is 26.1 Å². The van der Waals surface area contributed by atoms with E-state index in [2.05, 4.69) is 11.9 Å². The van der Waals surface area contributed by atoms with Gasteiger partial charge in [0.15, 0.2) is 23.4 Å². The molecule has 1 saturated carbocycles. The first-order chi connectivity index (χ1) is 11.8. The molecule has 5 rings (SSSR count). The molecule has 116 valence electrons. The topological polar surface area (TPSA) is 38.8 Å². The molecule has 1 saturated heterocycles. The Morgan fingerprint density at radius 1 is 1.55 bits per heavy atom. The smallest absolute Gasteiger partial charge is 0.174 e. The van der Waals surface area contributed by atoms with Gasteiger partial charge in [-0.2, -0.15) is 0 Å². The second kappa shape index (κ2) is 4.05. The van der Waals surface area contributed by atoms with E-state index in [0.29, 0.717) is 17.9 Å². The molecule has 4 heteroatoms. The number of rotatable bonds is 1. The minimum absolute atomic E-state index is 0.114. The molecule has 0 N–H and O–H groups in total. The van der Waals surface area contributed by atoms with Crippen molar-refractivity contribution in [3.63, 3.8) is 0 Å². The van der Waals surface area contributed by atoms with Crippen LogP contribution < -0.4 is 9.47 Å². The van der Waals surface area contributed by atoms with Crippen molar-refractivity contribution in [3.8, 4) is 11.5 Å². The van der Waals surface area contributed by atoms with Crippen LogP contribution in [-0.2, 0) is 16.6 Å². The molecule has 1 aromatic carbocycles. The number of likely N-dealkylation sites (tertiary alicyclic amines) is 1. The van der Waals surface area contributed by atoms with Gasteiger partial charge in [-0.25, -0.2) is 0 Å². The van der Waals surface area contributed by atoms with E-state index in [4.69, 9.17) is 13.6 Å². The lowest BCUT2D eigenvalue weighted by Gasteiger charge is -2.57. The molecule has 1 spiro atoms. The maximum Gasteiger partial charge on any atom is 0.174 e. The van der Waals surface area contributed by atoms with Crippen LogP contribution in [-0.4, -0.2) is 43.5 Å². The van der Waals surface area contributed by atoms with Crippen LogP contribution in [0.25, 0.3) is 0 Å². The number of hydrogen-bond acceptors (Lipinski definition) is 4. The van der Waals surface area contributed by atoms with Gasteiger partial charge in [0.1, 0.15) is 0 Å². The SMILES string of the molecule is [2H]C1([2H])C[C@H]2[C@H]3Cc4ccc(OC)c5c4[C@@]2(CCN3C)C([2H])(O5)C1=O. The lowest BCUT2D eigenvalue weighted by atomic mass is 9.52. The number of hydrogen-bond donors (Lipinski definition) is 0. The molecule has 4 aliphatic rings.